The Bertz CT molecular complexity index is 907. The predicted octanol–water partition coefficient (Wildman–Crippen LogP) is 3.23. The fourth-order valence-corrected chi connectivity index (χ4v) is 3.81. The fourth-order valence-electron chi connectivity index (χ4n) is 2.51. The van der Waals surface area contributed by atoms with Gasteiger partial charge in [0.05, 0.1) is 28.7 Å². The van der Waals surface area contributed by atoms with E-state index in [0.717, 1.165) is 5.69 Å². The lowest BCUT2D eigenvalue weighted by Crippen LogP contribution is -2.31. The maximum atomic E-state index is 12.5. The minimum atomic E-state index is -0.437. The number of rotatable bonds is 6. The second kappa shape index (κ2) is 7.81. The summed E-state index contributed by atoms with van der Waals surface area (Å²) in [5.41, 5.74) is 1.39. The fraction of sp³-hybridized carbons (Fsp3) is 0.176. The summed E-state index contributed by atoms with van der Waals surface area (Å²) >= 11 is 6.50. The highest BCUT2D eigenvalue weighted by molar-refractivity contribution is 8.26. The van der Waals surface area contributed by atoms with Gasteiger partial charge in [0, 0.05) is 31.1 Å². The van der Waals surface area contributed by atoms with Crippen molar-refractivity contribution in [2.45, 2.75) is 0 Å². The van der Waals surface area contributed by atoms with Gasteiger partial charge in [0.25, 0.3) is 11.6 Å². The van der Waals surface area contributed by atoms with Crippen molar-refractivity contribution in [2.24, 2.45) is 0 Å². The molecule has 0 radical (unpaired) electrons. The van der Waals surface area contributed by atoms with Crippen LogP contribution in [0.3, 0.4) is 0 Å². The standard InChI is InChI=1S/C17H15N3O4S2/c1-24-9-8-19-16(21)15(26-17(19)25)11-13-6-3-7-18(13)12-4-2-5-14(10-12)20(22)23/h2-7,10-11H,8-9H2,1H3/b15-11-. The first-order valence-electron chi connectivity index (χ1n) is 7.68. The van der Waals surface area contributed by atoms with Crippen molar-refractivity contribution in [3.8, 4) is 5.69 Å². The largest absolute Gasteiger partial charge is 0.383 e. The highest BCUT2D eigenvalue weighted by Crippen LogP contribution is 2.33. The number of non-ortho nitro benzene ring substituents is 1. The van der Waals surface area contributed by atoms with Crippen molar-refractivity contribution in [1.82, 2.24) is 9.47 Å². The van der Waals surface area contributed by atoms with Crippen LogP contribution in [0.1, 0.15) is 5.69 Å². The number of aromatic nitrogens is 1. The monoisotopic (exact) mass is 389 g/mol. The highest BCUT2D eigenvalue weighted by atomic mass is 32.2. The van der Waals surface area contributed by atoms with E-state index in [1.807, 2.05) is 12.1 Å². The van der Waals surface area contributed by atoms with E-state index in [1.54, 1.807) is 36.1 Å². The van der Waals surface area contributed by atoms with E-state index in [-0.39, 0.29) is 11.6 Å². The normalized spacial score (nSPS) is 15.9. The van der Waals surface area contributed by atoms with Crippen molar-refractivity contribution in [2.75, 3.05) is 20.3 Å². The Kier molecular flexibility index (Phi) is 5.50. The van der Waals surface area contributed by atoms with Crippen LogP contribution in [0.2, 0.25) is 0 Å². The van der Waals surface area contributed by atoms with Gasteiger partial charge in [-0.3, -0.25) is 19.8 Å². The molecule has 0 aliphatic carbocycles. The van der Waals surface area contributed by atoms with Gasteiger partial charge in [-0.05, 0) is 24.3 Å². The first-order valence-corrected chi connectivity index (χ1v) is 8.90. The van der Waals surface area contributed by atoms with E-state index in [2.05, 4.69) is 0 Å². The van der Waals surface area contributed by atoms with Gasteiger partial charge in [0.1, 0.15) is 4.32 Å². The van der Waals surface area contributed by atoms with Gasteiger partial charge < -0.3 is 9.30 Å². The number of nitrogens with zero attached hydrogens (tertiary/aromatic N) is 3. The first-order chi connectivity index (χ1) is 12.5. The second-order valence-electron chi connectivity index (χ2n) is 5.41. The maximum Gasteiger partial charge on any atom is 0.271 e. The number of hydrogen-bond acceptors (Lipinski definition) is 6. The van der Waals surface area contributed by atoms with E-state index < -0.39 is 4.92 Å². The Hall–Kier alpha value is -2.49. The summed E-state index contributed by atoms with van der Waals surface area (Å²) in [7, 11) is 1.57. The van der Waals surface area contributed by atoms with Crippen LogP contribution in [0.4, 0.5) is 5.69 Å². The predicted molar refractivity (Wildman–Crippen MR) is 104 cm³/mol. The molecule has 7 nitrogen and oxygen atoms in total. The molecular formula is C17H15N3O4S2. The van der Waals surface area contributed by atoms with Gasteiger partial charge >= 0.3 is 0 Å². The molecule has 0 N–H and O–H groups in total. The van der Waals surface area contributed by atoms with Crippen LogP contribution in [-0.4, -0.2) is 44.9 Å². The molecule has 1 aliphatic rings. The molecule has 0 atom stereocenters. The second-order valence-corrected chi connectivity index (χ2v) is 7.08. The van der Waals surface area contributed by atoms with E-state index in [9.17, 15) is 14.9 Å². The lowest BCUT2D eigenvalue weighted by Gasteiger charge is -2.13. The zero-order chi connectivity index (χ0) is 18.7. The third-order valence-corrected chi connectivity index (χ3v) is 5.15. The van der Waals surface area contributed by atoms with Crippen LogP contribution in [0.5, 0.6) is 0 Å². The van der Waals surface area contributed by atoms with E-state index in [1.165, 1.54) is 28.8 Å². The number of carbonyl (C=O) groups excluding carboxylic acids is 1. The molecule has 1 aliphatic heterocycles. The minimum absolute atomic E-state index is 0.00744. The average Bonchev–Trinajstić information content (AvgIpc) is 3.19. The summed E-state index contributed by atoms with van der Waals surface area (Å²) in [5.74, 6) is -0.163. The molecule has 0 saturated carbocycles. The van der Waals surface area contributed by atoms with Crippen LogP contribution in [0.25, 0.3) is 11.8 Å². The molecule has 134 valence electrons. The quantitative estimate of drug-likeness (QED) is 0.327. The third kappa shape index (κ3) is 3.69. The Morgan fingerprint density at radius 1 is 1.35 bits per heavy atom. The summed E-state index contributed by atoms with van der Waals surface area (Å²) in [6.07, 6.45) is 3.53. The number of amides is 1. The number of benzene rings is 1. The molecule has 1 fully saturated rings. The van der Waals surface area contributed by atoms with Gasteiger partial charge in [0.2, 0.25) is 0 Å². The zero-order valence-corrected chi connectivity index (χ0v) is 15.5. The van der Waals surface area contributed by atoms with Crippen molar-refractivity contribution in [3.63, 3.8) is 0 Å². The Morgan fingerprint density at radius 3 is 2.88 bits per heavy atom. The topological polar surface area (TPSA) is 77.6 Å². The van der Waals surface area contributed by atoms with Gasteiger partial charge in [0.15, 0.2) is 0 Å². The number of hydrogen-bond donors (Lipinski definition) is 0. The Labute approximate surface area is 159 Å². The molecule has 1 saturated heterocycles. The van der Waals surface area contributed by atoms with Crippen molar-refractivity contribution >= 4 is 46.0 Å². The number of nitro benzene ring substituents is 1. The minimum Gasteiger partial charge on any atom is -0.383 e. The molecule has 3 rings (SSSR count). The molecule has 0 spiro atoms. The molecule has 0 unspecified atom stereocenters. The summed E-state index contributed by atoms with van der Waals surface area (Å²) in [4.78, 5) is 25.1. The van der Waals surface area contributed by atoms with Crippen LogP contribution < -0.4 is 0 Å². The Balaban J connectivity index is 1.91. The van der Waals surface area contributed by atoms with Gasteiger partial charge in [-0.15, -0.1) is 0 Å². The SMILES string of the molecule is COCCN1C(=O)/C(=C/c2cccn2-c2cccc([N+](=O)[O-])c2)SC1=S. The smallest absolute Gasteiger partial charge is 0.271 e. The summed E-state index contributed by atoms with van der Waals surface area (Å²) < 4.78 is 7.29. The highest BCUT2D eigenvalue weighted by Gasteiger charge is 2.31. The van der Waals surface area contributed by atoms with E-state index >= 15 is 0 Å². The van der Waals surface area contributed by atoms with Crippen molar-refractivity contribution in [3.05, 3.63) is 63.3 Å². The van der Waals surface area contributed by atoms with Crippen LogP contribution in [0, 0.1) is 10.1 Å². The number of thioether (sulfide) groups is 1. The molecule has 2 heterocycles. The van der Waals surface area contributed by atoms with Crippen molar-refractivity contribution < 1.29 is 14.5 Å². The molecule has 0 bridgehead atoms. The van der Waals surface area contributed by atoms with Crippen LogP contribution in [-0.2, 0) is 9.53 Å². The molecule has 26 heavy (non-hydrogen) atoms. The van der Waals surface area contributed by atoms with Crippen LogP contribution >= 0.6 is 24.0 Å². The number of nitro groups is 1. The molecular weight excluding hydrogens is 374 g/mol. The van der Waals surface area contributed by atoms with E-state index in [0.29, 0.717) is 28.1 Å². The summed E-state index contributed by atoms with van der Waals surface area (Å²) in [6, 6.07) is 9.97. The number of thiocarbonyl (C=S) groups is 1. The molecule has 1 amide bonds. The molecule has 9 heteroatoms. The lowest BCUT2D eigenvalue weighted by atomic mass is 10.2. The third-order valence-electron chi connectivity index (χ3n) is 3.77. The zero-order valence-electron chi connectivity index (χ0n) is 13.8. The van der Waals surface area contributed by atoms with Gasteiger partial charge in [-0.25, -0.2) is 0 Å². The molecule has 1 aromatic carbocycles. The van der Waals surface area contributed by atoms with Crippen molar-refractivity contribution in [1.29, 1.82) is 0 Å². The number of carbonyl (C=O) groups is 1. The summed E-state index contributed by atoms with van der Waals surface area (Å²) in [5, 5.41) is 11.0. The van der Waals surface area contributed by atoms with Crippen LogP contribution in [0.15, 0.2) is 47.5 Å². The molecule has 1 aromatic heterocycles. The Morgan fingerprint density at radius 2 is 2.15 bits per heavy atom. The first kappa shape index (κ1) is 18.3. The average molecular weight is 389 g/mol. The van der Waals surface area contributed by atoms with E-state index in [4.69, 9.17) is 17.0 Å². The number of ether oxygens (including phenoxy) is 1. The molecule has 2 aromatic rings. The lowest BCUT2D eigenvalue weighted by molar-refractivity contribution is -0.384. The number of methoxy groups -OCH3 is 1. The summed E-state index contributed by atoms with van der Waals surface area (Å²) in [6.45, 7) is 0.814. The van der Waals surface area contributed by atoms with Gasteiger partial charge in [-0.1, -0.05) is 30.0 Å². The maximum absolute atomic E-state index is 12.5. The van der Waals surface area contributed by atoms with Gasteiger partial charge in [-0.2, -0.15) is 0 Å².